The smallest absolute Gasteiger partial charge is 0.123 e. The summed E-state index contributed by atoms with van der Waals surface area (Å²) in [7, 11) is 0. The summed E-state index contributed by atoms with van der Waals surface area (Å²) < 4.78 is 0.561. The highest BCUT2D eigenvalue weighted by Crippen LogP contribution is 2.63. The van der Waals surface area contributed by atoms with E-state index in [1.807, 2.05) is 11.8 Å². The van der Waals surface area contributed by atoms with E-state index in [-0.39, 0.29) is 0 Å². The van der Waals surface area contributed by atoms with Crippen molar-refractivity contribution in [2.45, 2.75) is 24.0 Å². The molecule has 0 saturated heterocycles. The minimum atomic E-state index is 0.426. The molecule has 2 aliphatic rings. The van der Waals surface area contributed by atoms with Crippen LogP contribution >= 0.6 is 11.8 Å². The van der Waals surface area contributed by atoms with E-state index in [9.17, 15) is 4.79 Å². The lowest BCUT2D eigenvalue weighted by Crippen LogP contribution is -2.06. The summed E-state index contributed by atoms with van der Waals surface area (Å²) in [5.74, 6) is 1.18. The minimum Gasteiger partial charge on any atom is -0.303 e. The van der Waals surface area contributed by atoms with Crippen LogP contribution in [-0.4, -0.2) is 17.3 Å². The number of aldehydes is 1. The Balaban J connectivity index is 1.96. The molecule has 0 spiro atoms. The molecule has 10 heavy (non-hydrogen) atoms. The van der Waals surface area contributed by atoms with Gasteiger partial charge in [0.1, 0.15) is 6.29 Å². The van der Waals surface area contributed by atoms with Crippen molar-refractivity contribution in [1.29, 1.82) is 0 Å². The predicted octanol–water partition coefficient (Wildman–Crippen LogP) is 1.72. The summed E-state index contributed by atoms with van der Waals surface area (Å²) in [4.78, 5) is 10.4. The van der Waals surface area contributed by atoms with Crippen LogP contribution in [0.3, 0.4) is 0 Å². The molecule has 2 aliphatic carbocycles. The SMILES string of the molecule is CSC1(C2CC2C=O)CC1. The van der Waals surface area contributed by atoms with Crippen molar-refractivity contribution in [2.24, 2.45) is 11.8 Å². The van der Waals surface area contributed by atoms with Gasteiger partial charge in [-0.3, -0.25) is 0 Å². The monoisotopic (exact) mass is 156 g/mol. The Morgan fingerprint density at radius 1 is 1.60 bits per heavy atom. The van der Waals surface area contributed by atoms with Crippen LogP contribution < -0.4 is 0 Å². The molecule has 2 atom stereocenters. The maximum Gasteiger partial charge on any atom is 0.123 e. The maximum absolute atomic E-state index is 10.4. The summed E-state index contributed by atoms with van der Waals surface area (Å²) in [6, 6.07) is 0. The molecule has 2 rings (SSSR count). The molecule has 0 aliphatic heterocycles. The highest BCUT2D eigenvalue weighted by atomic mass is 32.2. The second-order valence-electron chi connectivity index (χ2n) is 3.41. The molecule has 2 heteroatoms. The van der Waals surface area contributed by atoms with Gasteiger partial charge in [-0.25, -0.2) is 0 Å². The van der Waals surface area contributed by atoms with Crippen molar-refractivity contribution in [2.75, 3.05) is 6.26 Å². The second kappa shape index (κ2) is 2.00. The summed E-state index contributed by atoms with van der Waals surface area (Å²) in [6.07, 6.45) is 7.19. The summed E-state index contributed by atoms with van der Waals surface area (Å²) >= 11 is 1.97. The molecule has 0 amide bonds. The van der Waals surface area contributed by atoms with Crippen molar-refractivity contribution < 1.29 is 4.79 Å². The summed E-state index contributed by atoms with van der Waals surface area (Å²) in [6.45, 7) is 0. The fourth-order valence-electron chi connectivity index (χ4n) is 1.82. The number of hydrogen-bond donors (Lipinski definition) is 0. The van der Waals surface area contributed by atoms with E-state index in [0.29, 0.717) is 10.7 Å². The molecule has 1 nitrogen and oxygen atoms in total. The molecule has 0 N–H and O–H groups in total. The first-order valence-corrected chi connectivity index (χ1v) is 5.05. The predicted molar refractivity (Wildman–Crippen MR) is 43.1 cm³/mol. The van der Waals surface area contributed by atoms with Crippen LogP contribution in [0.1, 0.15) is 19.3 Å². The lowest BCUT2D eigenvalue weighted by molar-refractivity contribution is -0.109. The molecule has 0 aromatic rings. The number of rotatable bonds is 3. The van der Waals surface area contributed by atoms with Crippen molar-refractivity contribution >= 4 is 18.0 Å². The van der Waals surface area contributed by atoms with Gasteiger partial charge in [0.15, 0.2) is 0 Å². The lowest BCUT2D eigenvalue weighted by Gasteiger charge is -2.08. The molecule has 0 aromatic carbocycles. The Morgan fingerprint density at radius 3 is 2.60 bits per heavy atom. The molecule has 0 heterocycles. The fourth-order valence-corrected chi connectivity index (χ4v) is 2.90. The van der Waals surface area contributed by atoms with Crippen LogP contribution in [0.15, 0.2) is 0 Å². The van der Waals surface area contributed by atoms with Gasteiger partial charge in [0.05, 0.1) is 0 Å². The highest BCUT2D eigenvalue weighted by Gasteiger charge is 2.58. The topological polar surface area (TPSA) is 17.1 Å². The molecular formula is C8H12OS. The Morgan fingerprint density at radius 2 is 2.30 bits per heavy atom. The third-order valence-electron chi connectivity index (χ3n) is 2.84. The van der Waals surface area contributed by atoms with Gasteiger partial charge in [-0.1, -0.05) is 0 Å². The van der Waals surface area contributed by atoms with Crippen LogP contribution in [0.5, 0.6) is 0 Å². The average molecular weight is 156 g/mol. The first-order chi connectivity index (χ1) is 4.82. The van der Waals surface area contributed by atoms with Crippen LogP contribution in [0, 0.1) is 11.8 Å². The Kier molecular flexibility index (Phi) is 1.34. The summed E-state index contributed by atoms with van der Waals surface area (Å²) in [5.41, 5.74) is 0. The van der Waals surface area contributed by atoms with Crippen molar-refractivity contribution in [3.05, 3.63) is 0 Å². The second-order valence-corrected chi connectivity index (χ2v) is 4.63. The zero-order valence-corrected chi connectivity index (χ0v) is 6.99. The van der Waals surface area contributed by atoms with Gasteiger partial charge in [0.25, 0.3) is 0 Å². The zero-order chi connectivity index (χ0) is 7.19. The summed E-state index contributed by atoms with van der Waals surface area (Å²) in [5, 5.41) is 0. The highest BCUT2D eigenvalue weighted by molar-refractivity contribution is 8.00. The fraction of sp³-hybridized carbons (Fsp3) is 0.875. The van der Waals surface area contributed by atoms with Gasteiger partial charge in [-0.05, 0) is 31.4 Å². The number of thioether (sulfide) groups is 1. The van der Waals surface area contributed by atoms with E-state index in [4.69, 9.17) is 0 Å². The van der Waals surface area contributed by atoms with Gasteiger partial charge < -0.3 is 4.79 Å². The van der Waals surface area contributed by atoms with Gasteiger partial charge in [0, 0.05) is 10.7 Å². The van der Waals surface area contributed by atoms with Gasteiger partial charge in [-0.2, -0.15) is 11.8 Å². The third-order valence-corrected chi connectivity index (χ3v) is 4.36. The zero-order valence-electron chi connectivity index (χ0n) is 6.17. The number of hydrogen-bond acceptors (Lipinski definition) is 2. The van der Waals surface area contributed by atoms with Crippen LogP contribution in [0.25, 0.3) is 0 Å². The van der Waals surface area contributed by atoms with Crippen molar-refractivity contribution in [3.63, 3.8) is 0 Å². The maximum atomic E-state index is 10.4. The van der Waals surface area contributed by atoms with Gasteiger partial charge >= 0.3 is 0 Å². The largest absolute Gasteiger partial charge is 0.303 e. The first kappa shape index (κ1) is 6.71. The molecule has 2 fully saturated rings. The Bertz CT molecular complexity index is 163. The van der Waals surface area contributed by atoms with Crippen LogP contribution in [0.2, 0.25) is 0 Å². The van der Waals surface area contributed by atoms with E-state index < -0.39 is 0 Å². The van der Waals surface area contributed by atoms with E-state index in [0.717, 1.165) is 12.2 Å². The van der Waals surface area contributed by atoms with E-state index in [1.165, 1.54) is 19.3 Å². The molecule has 56 valence electrons. The van der Waals surface area contributed by atoms with Crippen LogP contribution in [-0.2, 0) is 4.79 Å². The molecule has 0 bridgehead atoms. The van der Waals surface area contributed by atoms with Gasteiger partial charge in [0.2, 0.25) is 0 Å². The molecule has 2 saturated carbocycles. The lowest BCUT2D eigenvalue weighted by atomic mass is 10.2. The third kappa shape index (κ3) is 0.815. The first-order valence-electron chi connectivity index (χ1n) is 3.83. The minimum absolute atomic E-state index is 0.426. The quantitative estimate of drug-likeness (QED) is 0.579. The number of carbonyl (C=O) groups excluding carboxylic acids is 1. The number of carbonyl (C=O) groups is 1. The van der Waals surface area contributed by atoms with E-state index >= 15 is 0 Å². The van der Waals surface area contributed by atoms with Crippen molar-refractivity contribution in [1.82, 2.24) is 0 Å². The normalized spacial score (nSPS) is 40.9. The van der Waals surface area contributed by atoms with Crippen LogP contribution in [0.4, 0.5) is 0 Å². The molecule has 0 radical (unpaired) electrons. The van der Waals surface area contributed by atoms with Gasteiger partial charge in [-0.15, -0.1) is 0 Å². The Labute approximate surface area is 65.6 Å². The Hall–Kier alpha value is 0.0200. The molecule has 2 unspecified atom stereocenters. The van der Waals surface area contributed by atoms with Crippen molar-refractivity contribution in [3.8, 4) is 0 Å². The molecular weight excluding hydrogens is 144 g/mol. The van der Waals surface area contributed by atoms with E-state index in [1.54, 1.807) is 0 Å². The standard InChI is InChI=1S/C8H12OS/c1-10-8(2-3-8)7-4-6(7)5-9/h5-7H,2-4H2,1H3. The average Bonchev–Trinajstić information content (AvgIpc) is 2.84. The van der Waals surface area contributed by atoms with E-state index in [2.05, 4.69) is 6.26 Å². The molecule has 0 aromatic heterocycles.